The molecule has 0 atom stereocenters. The minimum atomic E-state index is -0.375. The van der Waals surface area contributed by atoms with E-state index in [0.717, 1.165) is 13.1 Å². The first kappa shape index (κ1) is 16.1. The lowest BCUT2D eigenvalue weighted by Crippen LogP contribution is -2.37. The lowest BCUT2D eigenvalue weighted by molar-refractivity contribution is -0.111. The van der Waals surface area contributed by atoms with Gasteiger partial charge in [-0.05, 0) is 12.1 Å². The maximum atomic E-state index is 13.5. The van der Waals surface area contributed by atoms with Crippen LogP contribution >= 0.6 is 0 Å². The smallest absolute Gasteiger partial charge is 0.248 e. The van der Waals surface area contributed by atoms with E-state index < -0.39 is 0 Å². The van der Waals surface area contributed by atoms with Gasteiger partial charge in [0.05, 0.1) is 31.3 Å². The molecule has 1 fully saturated rings. The monoisotopic (exact) mass is 328 g/mol. The Morgan fingerprint density at radius 2 is 1.92 bits per heavy atom. The average Bonchev–Trinajstić information content (AvgIpc) is 2.62. The highest BCUT2D eigenvalue weighted by Gasteiger charge is 2.13. The van der Waals surface area contributed by atoms with Crippen molar-refractivity contribution < 1.29 is 13.9 Å². The summed E-state index contributed by atoms with van der Waals surface area (Å²) in [5.74, 6) is -0.140. The molecule has 0 aliphatic carbocycles. The Morgan fingerprint density at radius 1 is 1.21 bits per heavy atom. The number of aromatic nitrogens is 2. The largest absolute Gasteiger partial charge is 0.378 e. The number of carbonyl (C=O) groups excluding carboxylic acids is 1. The molecule has 3 rings (SSSR count). The van der Waals surface area contributed by atoms with Gasteiger partial charge < -0.3 is 15.0 Å². The second kappa shape index (κ2) is 7.65. The van der Waals surface area contributed by atoms with E-state index in [-0.39, 0.29) is 11.7 Å². The third kappa shape index (κ3) is 4.14. The number of hydrogen-bond acceptors (Lipinski definition) is 5. The summed E-state index contributed by atoms with van der Waals surface area (Å²) in [4.78, 5) is 22.4. The number of morpholine rings is 1. The standard InChI is InChI=1S/C17H17FN4O2/c18-15-4-2-1-3-13(15)5-6-16(23)21-14-11-19-17(20-12-14)22-7-9-24-10-8-22/h1-6,11-12H,7-10H2,(H,21,23)/b6-5+. The lowest BCUT2D eigenvalue weighted by Gasteiger charge is -2.26. The Balaban J connectivity index is 1.59. The van der Waals surface area contributed by atoms with Crippen molar-refractivity contribution in [2.24, 2.45) is 0 Å². The zero-order valence-corrected chi connectivity index (χ0v) is 13.0. The van der Waals surface area contributed by atoms with Gasteiger partial charge in [-0.3, -0.25) is 4.79 Å². The van der Waals surface area contributed by atoms with Crippen LogP contribution in [-0.2, 0) is 9.53 Å². The fourth-order valence-corrected chi connectivity index (χ4v) is 2.27. The zero-order valence-electron chi connectivity index (χ0n) is 13.0. The molecule has 0 saturated carbocycles. The number of nitrogens with zero attached hydrogens (tertiary/aromatic N) is 3. The van der Waals surface area contributed by atoms with Crippen molar-refractivity contribution >= 4 is 23.6 Å². The minimum absolute atomic E-state index is 0.353. The summed E-state index contributed by atoms with van der Waals surface area (Å²) in [6.07, 6.45) is 5.79. The SMILES string of the molecule is O=C(/C=C/c1ccccc1F)Nc1cnc(N2CCOCC2)nc1. The van der Waals surface area contributed by atoms with Crippen LogP contribution in [-0.4, -0.2) is 42.2 Å². The van der Waals surface area contributed by atoms with Gasteiger partial charge in [0.1, 0.15) is 5.82 Å². The fourth-order valence-electron chi connectivity index (χ4n) is 2.27. The molecule has 1 aromatic carbocycles. The Kier molecular flexibility index (Phi) is 5.12. The van der Waals surface area contributed by atoms with Gasteiger partial charge >= 0.3 is 0 Å². The zero-order chi connectivity index (χ0) is 16.8. The number of halogens is 1. The predicted molar refractivity (Wildman–Crippen MR) is 89.1 cm³/mol. The first-order chi connectivity index (χ1) is 11.7. The van der Waals surface area contributed by atoms with Crippen molar-refractivity contribution in [3.05, 3.63) is 54.1 Å². The van der Waals surface area contributed by atoms with Gasteiger partial charge in [0.2, 0.25) is 11.9 Å². The fraction of sp³-hybridized carbons (Fsp3) is 0.235. The molecule has 7 heteroatoms. The Morgan fingerprint density at radius 3 is 2.62 bits per heavy atom. The molecule has 1 saturated heterocycles. The van der Waals surface area contributed by atoms with Crippen molar-refractivity contribution in [2.45, 2.75) is 0 Å². The van der Waals surface area contributed by atoms with Gasteiger partial charge in [0, 0.05) is 24.7 Å². The molecule has 0 spiro atoms. The van der Waals surface area contributed by atoms with E-state index in [1.54, 1.807) is 30.6 Å². The highest BCUT2D eigenvalue weighted by molar-refractivity contribution is 6.01. The number of carbonyl (C=O) groups is 1. The van der Waals surface area contributed by atoms with Crippen LogP contribution in [0.4, 0.5) is 16.0 Å². The second-order valence-electron chi connectivity index (χ2n) is 5.22. The first-order valence-electron chi connectivity index (χ1n) is 7.61. The molecule has 24 heavy (non-hydrogen) atoms. The number of benzene rings is 1. The van der Waals surface area contributed by atoms with Crippen molar-refractivity contribution in [3.8, 4) is 0 Å². The number of anilines is 2. The maximum Gasteiger partial charge on any atom is 0.248 e. The highest BCUT2D eigenvalue weighted by Crippen LogP contribution is 2.12. The van der Waals surface area contributed by atoms with Gasteiger partial charge in [-0.25, -0.2) is 14.4 Å². The van der Waals surface area contributed by atoms with Crippen LogP contribution in [0.2, 0.25) is 0 Å². The number of ether oxygens (including phenoxy) is 1. The molecule has 1 amide bonds. The molecule has 2 aromatic rings. The summed E-state index contributed by atoms with van der Waals surface area (Å²) < 4.78 is 18.8. The number of nitrogens with one attached hydrogen (secondary N) is 1. The van der Waals surface area contributed by atoms with E-state index in [0.29, 0.717) is 30.4 Å². The van der Waals surface area contributed by atoms with Crippen LogP contribution in [0.3, 0.4) is 0 Å². The molecular formula is C17H17FN4O2. The predicted octanol–water partition coefficient (Wildman–Crippen LogP) is 2.10. The summed E-state index contributed by atoms with van der Waals surface area (Å²) in [7, 11) is 0. The summed E-state index contributed by atoms with van der Waals surface area (Å²) >= 11 is 0. The summed E-state index contributed by atoms with van der Waals surface area (Å²) in [6.45, 7) is 2.81. The lowest BCUT2D eigenvalue weighted by atomic mass is 10.2. The molecule has 6 nitrogen and oxygen atoms in total. The van der Waals surface area contributed by atoms with Crippen LogP contribution in [0.5, 0.6) is 0 Å². The summed E-state index contributed by atoms with van der Waals surface area (Å²) in [5.41, 5.74) is 0.835. The Bertz CT molecular complexity index is 728. The van der Waals surface area contributed by atoms with Gasteiger partial charge in [-0.2, -0.15) is 0 Å². The van der Waals surface area contributed by atoms with Crippen LogP contribution in [0, 0.1) is 5.82 Å². The van der Waals surface area contributed by atoms with Crippen molar-refractivity contribution in [1.29, 1.82) is 0 Å². The number of hydrogen-bond donors (Lipinski definition) is 1. The molecule has 1 aliphatic rings. The first-order valence-corrected chi connectivity index (χ1v) is 7.61. The van der Waals surface area contributed by atoms with E-state index in [1.807, 2.05) is 4.90 Å². The molecule has 1 aromatic heterocycles. The van der Waals surface area contributed by atoms with Gasteiger partial charge in [0.15, 0.2) is 0 Å². The summed E-state index contributed by atoms with van der Waals surface area (Å²) in [6, 6.07) is 6.24. The normalized spacial score (nSPS) is 14.8. The molecular weight excluding hydrogens is 311 g/mol. The van der Waals surface area contributed by atoms with E-state index in [2.05, 4.69) is 15.3 Å². The van der Waals surface area contributed by atoms with E-state index in [4.69, 9.17) is 4.74 Å². The van der Waals surface area contributed by atoms with Crippen LogP contribution in [0.1, 0.15) is 5.56 Å². The Hall–Kier alpha value is -2.80. The minimum Gasteiger partial charge on any atom is -0.378 e. The third-order valence-electron chi connectivity index (χ3n) is 3.52. The molecule has 1 N–H and O–H groups in total. The average molecular weight is 328 g/mol. The van der Waals surface area contributed by atoms with Crippen molar-refractivity contribution in [1.82, 2.24) is 9.97 Å². The Labute approximate surface area is 139 Å². The number of rotatable bonds is 4. The maximum absolute atomic E-state index is 13.5. The van der Waals surface area contributed by atoms with E-state index in [9.17, 15) is 9.18 Å². The quantitative estimate of drug-likeness (QED) is 0.871. The topological polar surface area (TPSA) is 67.4 Å². The van der Waals surface area contributed by atoms with Gasteiger partial charge in [0.25, 0.3) is 0 Å². The van der Waals surface area contributed by atoms with Gasteiger partial charge in [-0.15, -0.1) is 0 Å². The van der Waals surface area contributed by atoms with Crippen molar-refractivity contribution in [2.75, 3.05) is 36.5 Å². The second-order valence-corrected chi connectivity index (χ2v) is 5.22. The van der Waals surface area contributed by atoms with Crippen LogP contribution in [0.25, 0.3) is 6.08 Å². The van der Waals surface area contributed by atoms with E-state index >= 15 is 0 Å². The molecule has 124 valence electrons. The molecule has 0 unspecified atom stereocenters. The third-order valence-corrected chi connectivity index (χ3v) is 3.52. The van der Waals surface area contributed by atoms with E-state index in [1.165, 1.54) is 18.2 Å². The van der Waals surface area contributed by atoms with Gasteiger partial charge in [-0.1, -0.05) is 18.2 Å². The molecule has 1 aliphatic heterocycles. The number of amides is 1. The summed E-state index contributed by atoms with van der Waals surface area (Å²) in [5, 5.41) is 2.65. The van der Waals surface area contributed by atoms with Crippen LogP contribution < -0.4 is 10.2 Å². The van der Waals surface area contributed by atoms with Crippen LogP contribution in [0.15, 0.2) is 42.7 Å². The molecule has 2 heterocycles. The van der Waals surface area contributed by atoms with Crippen molar-refractivity contribution in [3.63, 3.8) is 0 Å². The molecule has 0 bridgehead atoms. The molecule has 0 radical (unpaired) electrons. The highest BCUT2D eigenvalue weighted by atomic mass is 19.1.